The van der Waals surface area contributed by atoms with Crippen molar-refractivity contribution in [2.45, 2.75) is 37.6 Å². The first-order valence-electron chi connectivity index (χ1n) is 11.1. The van der Waals surface area contributed by atoms with E-state index in [1.54, 1.807) is 12.1 Å². The molecule has 172 valence electrons. The normalized spacial score (nSPS) is 18.3. The van der Waals surface area contributed by atoms with Gasteiger partial charge in [0.25, 0.3) is 0 Å². The summed E-state index contributed by atoms with van der Waals surface area (Å²) in [4.78, 5) is 13.2. The first-order chi connectivity index (χ1) is 15.4. The average Bonchev–Trinajstić information content (AvgIpc) is 2.82. The van der Waals surface area contributed by atoms with Crippen LogP contribution in [0.3, 0.4) is 0 Å². The topological polar surface area (TPSA) is 84.9 Å². The van der Waals surface area contributed by atoms with E-state index in [0.29, 0.717) is 50.6 Å². The molecule has 0 unspecified atom stereocenters. The molecule has 0 radical (unpaired) electrons. The standard InChI is InChI=1S/C24H30N2O5S/c1-17(2)23(18-6-4-3-5-7-18)25-24(27)19-10-12-26(13-11-19)32(28,29)20-8-9-21-22(16-20)31-15-14-30-21/h3-9,16-17,19,23H,10-15H2,1-2H3,(H,25,27)/t23-/m1/s1. The van der Waals surface area contributed by atoms with Gasteiger partial charge in [-0.05, 0) is 36.5 Å². The van der Waals surface area contributed by atoms with Gasteiger partial charge in [-0.2, -0.15) is 4.31 Å². The van der Waals surface area contributed by atoms with Crippen LogP contribution in [0.25, 0.3) is 0 Å². The summed E-state index contributed by atoms with van der Waals surface area (Å²) in [5.41, 5.74) is 1.08. The smallest absolute Gasteiger partial charge is 0.243 e. The molecule has 4 rings (SSSR count). The molecule has 2 aromatic carbocycles. The van der Waals surface area contributed by atoms with Crippen LogP contribution in [-0.2, 0) is 14.8 Å². The first-order valence-corrected chi connectivity index (χ1v) is 12.6. The molecule has 1 fully saturated rings. The van der Waals surface area contributed by atoms with Gasteiger partial charge in [0, 0.05) is 25.1 Å². The number of carbonyl (C=O) groups excluding carboxylic acids is 1. The van der Waals surface area contributed by atoms with Crippen molar-refractivity contribution in [1.29, 1.82) is 0 Å². The summed E-state index contributed by atoms with van der Waals surface area (Å²) in [5.74, 6) is 1.04. The molecule has 2 aliphatic rings. The minimum absolute atomic E-state index is 0.0102. The molecule has 8 heteroatoms. The number of sulfonamides is 1. The fraction of sp³-hybridized carbons (Fsp3) is 0.458. The number of rotatable bonds is 6. The Kier molecular flexibility index (Phi) is 6.71. The average molecular weight is 459 g/mol. The third kappa shape index (κ3) is 4.76. The molecule has 1 atom stereocenters. The lowest BCUT2D eigenvalue weighted by molar-refractivity contribution is -0.127. The predicted molar refractivity (Wildman–Crippen MR) is 121 cm³/mol. The summed E-state index contributed by atoms with van der Waals surface area (Å²) in [6, 6.07) is 14.6. The highest BCUT2D eigenvalue weighted by Crippen LogP contribution is 2.34. The van der Waals surface area contributed by atoms with Crippen molar-refractivity contribution < 1.29 is 22.7 Å². The number of hydrogen-bond acceptors (Lipinski definition) is 5. The number of nitrogens with zero attached hydrogens (tertiary/aromatic N) is 1. The van der Waals surface area contributed by atoms with Crippen LogP contribution in [0.2, 0.25) is 0 Å². The second kappa shape index (κ2) is 9.50. The van der Waals surface area contributed by atoms with Crippen molar-refractivity contribution in [3.05, 3.63) is 54.1 Å². The van der Waals surface area contributed by atoms with Gasteiger partial charge in [0.05, 0.1) is 10.9 Å². The zero-order valence-corrected chi connectivity index (χ0v) is 19.3. The van der Waals surface area contributed by atoms with Crippen molar-refractivity contribution in [3.63, 3.8) is 0 Å². The largest absolute Gasteiger partial charge is 0.486 e. The van der Waals surface area contributed by atoms with Crippen molar-refractivity contribution in [2.24, 2.45) is 11.8 Å². The van der Waals surface area contributed by atoms with Gasteiger partial charge in [0.2, 0.25) is 15.9 Å². The van der Waals surface area contributed by atoms with E-state index in [0.717, 1.165) is 5.56 Å². The number of hydrogen-bond donors (Lipinski definition) is 1. The van der Waals surface area contributed by atoms with E-state index in [9.17, 15) is 13.2 Å². The molecule has 2 aromatic rings. The van der Waals surface area contributed by atoms with Crippen LogP contribution in [0, 0.1) is 11.8 Å². The lowest BCUT2D eigenvalue weighted by Gasteiger charge is -2.32. The quantitative estimate of drug-likeness (QED) is 0.717. The number of carbonyl (C=O) groups is 1. The molecule has 1 amide bonds. The SMILES string of the molecule is CC(C)[C@@H](NC(=O)C1CCN(S(=O)(=O)c2ccc3c(c2)OCCO3)CC1)c1ccccc1. The summed E-state index contributed by atoms with van der Waals surface area (Å²) in [6.45, 7) is 5.65. The molecular weight excluding hydrogens is 428 g/mol. The molecule has 7 nitrogen and oxygen atoms in total. The molecule has 0 saturated carbocycles. The summed E-state index contributed by atoms with van der Waals surface area (Å²) in [6.07, 6.45) is 0.991. The highest BCUT2D eigenvalue weighted by Gasteiger charge is 2.33. The van der Waals surface area contributed by atoms with Crippen LogP contribution in [-0.4, -0.2) is 44.9 Å². The number of fused-ring (bicyclic) bond motifs is 1. The molecule has 32 heavy (non-hydrogen) atoms. The number of piperidine rings is 1. The lowest BCUT2D eigenvalue weighted by atomic mass is 9.93. The molecule has 0 bridgehead atoms. The van der Waals surface area contributed by atoms with Gasteiger partial charge in [-0.1, -0.05) is 44.2 Å². The number of amides is 1. The first kappa shape index (κ1) is 22.6. The van der Waals surface area contributed by atoms with E-state index in [-0.39, 0.29) is 28.7 Å². The maximum atomic E-state index is 13.1. The maximum absolute atomic E-state index is 13.1. The minimum atomic E-state index is -3.66. The summed E-state index contributed by atoms with van der Waals surface area (Å²) >= 11 is 0. The Balaban J connectivity index is 1.39. The Morgan fingerprint density at radius 1 is 1.00 bits per heavy atom. The second-order valence-electron chi connectivity index (χ2n) is 8.62. The molecule has 0 aromatic heterocycles. The van der Waals surface area contributed by atoms with Crippen LogP contribution in [0.1, 0.15) is 38.3 Å². The van der Waals surface area contributed by atoms with Gasteiger partial charge in [0.1, 0.15) is 13.2 Å². The van der Waals surface area contributed by atoms with E-state index in [1.807, 2.05) is 30.3 Å². The Morgan fingerprint density at radius 3 is 2.31 bits per heavy atom. The van der Waals surface area contributed by atoms with Crippen molar-refractivity contribution in [3.8, 4) is 11.5 Å². The maximum Gasteiger partial charge on any atom is 0.243 e. The Hall–Kier alpha value is -2.58. The Morgan fingerprint density at radius 2 is 1.66 bits per heavy atom. The molecular formula is C24H30N2O5S. The third-order valence-electron chi connectivity index (χ3n) is 6.10. The molecule has 1 N–H and O–H groups in total. The van der Waals surface area contributed by atoms with Gasteiger partial charge in [0.15, 0.2) is 11.5 Å². The van der Waals surface area contributed by atoms with E-state index in [1.165, 1.54) is 10.4 Å². The van der Waals surface area contributed by atoms with Gasteiger partial charge in [-0.3, -0.25) is 4.79 Å². The molecule has 0 spiro atoms. The number of ether oxygens (including phenoxy) is 2. The second-order valence-corrected chi connectivity index (χ2v) is 10.6. The fourth-order valence-electron chi connectivity index (χ4n) is 4.26. The van der Waals surface area contributed by atoms with Crippen LogP contribution in [0.4, 0.5) is 0 Å². The van der Waals surface area contributed by atoms with E-state index in [2.05, 4.69) is 19.2 Å². The summed E-state index contributed by atoms with van der Waals surface area (Å²) in [7, 11) is -3.66. The number of benzene rings is 2. The highest BCUT2D eigenvalue weighted by molar-refractivity contribution is 7.89. The highest BCUT2D eigenvalue weighted by atomic mass is 32.2. The van der Waals surface area contributed by atoms with Crippen LogP contribution < -0.4 is 14.8 Å². The van der Waals surface area contributed by atoms with Gasteiger partial charge in [-0.15, -0.1) is 0 Å². The van der Waals surface area contributed by atoms with E-state index < -0.39 is 10.0 Å². The Bertz CT molecular complexity index is 1050. The fourth-order valence-corrected chi connectivity index (χ4v) is 5.74. The zero-order chi connectivity index (χ0) is 22.7. The Labute approximate surface area is 189 Å². The van der Waals surface area contributed by atoms with Gasteiger partial charge < -0.3 is 14.8 Å². The molecule has 2 aliphatic heterocycles. The summed E-state index contributed by atoms with van der Waals surface area (Å²) < 4.78 is 38.7. The molecule has 1 saturated heterocycles. The van der Waals surface area contributed by atoms with Crippen molar-refractivity contribution in [1.82, 2.24) is 9.62 Å². The molecule has 0 aliphatic carbocycles. The molecule has 2 heterocycles. The third-order valence-corrected chi connectivity index (χ3v) is 7.99. The monoisotopic (exact) mass is 458 g/mol. The van der Waals surface area contributed by atoms with Crippen LogP contribution in [0.15, 0.2) is 53.4 Å². The summed E-state index contributed by atoms with van der Waals surface area (Å²) in [5, 5.41) is 3.18. The zero-order valence-electron chi connectivity index (χ0n) is 18.5. The van der Waals surface area contributed by atoms with E-state index >= 15 is 0 Å². The van der Waals surface area contributed by atoms with Gasteiger partial charge in [-0.25, -0.2) is 8.42 Å². The van der Waals surface area contributed by atoms with Crippen molar-refractivity contribution >= 4 is 15.9 Å². The van der Waals surface area contributed by atoms with Crippen LogP contribution >= 0.6 is 0 Å². The predicted octanol–water partition coefficient (Wildman–Crippen LogP) is 3.37. The van der Waals surface area contributed by atoms with Crippen LogP contribution in [0.5, 0.6) is 11.5 Å². The number of nitrogens with one attached hydrogen (secondary N) is 1. The van der Waals surface area contributed by atoms with E-state index in [4.69, 9.17) is 9.47 Å². The lowest BCUT2D eigenvalue weighted by Crippen LogP contribution is -2.44. The van der Waals surface area contributed by atoms with Crippen molar-refractivity contribution in [2.75, 3.05) is 26.3 Å². The van der Waals surface area contributed by atoms with Gasteiger partial charge >= 0.3 is 0 Å². The minimum Gasteiger partial charge on any atom is -0.486 e.